The van der Waals surface area contributed by atoms with Crippen molar-refractivity contribution in [2.24, 2.45) is 5.92 Å². The highest BCUT2D eigenvalue weighted by atomic mass is 32.1. The Morgan fingerprint density at radius 2 is 2.07 bits per heavy atom. The van der Waals surface area contributed by atoms with Crippen molar-refractivity contribution in [1.82, 2.24) is 25.6 Å². The van der Waals surface area contributed by atoms with Gasteiger partial charge in [-0.15, -0.1) is 17.7 Å². The number of halogens is 3. The van der Waals surface area contributed by atoms with Crippen LogP contribution < -0.4 is 10.9 Å². The SMILES string of the molecule is CC(C)CC(O)NNC(=O)/C=C\n1cnc(-c2cc(S)cc(C(F)(F)F)c2)n1. The summed E-state index contributed by atoms with van der Waals surface area (Å²) in [4.78, 5) is 15.8. The van der Waals surface area contributed by atoms with Crippen molar-refractivity contribution in [3.63, 3.8) is 0 Å². The van der Waals surface area contributed by atoms with Crippen LogP contribution in [-0.2, 0) is 11.0 Å². The summed E-state index contributed by atoms with van der Waals surface area (Å²) in [7, 11) is 0. The molecule has 0 saturated heterocycles. The lowest BCUT2D eigenvalue weighted by Gasteiger charge is -2.14. The second-order valence-corrected chi connectivity index (χ2v) is 6.93. The lowest BCUT2D eigenvalue weighted by Crippen LogP contribution is -2.44. The number of benzene rings is 1. The number of hydrogen-bond acceptors (Lipinski definition) is 6. The fraction of sp³-hybridized carbons (Fsp3) is 0.353. The first kappa shape index (κ1) is 21.9. The number of aliphatic hydroxyl groups is 1. The number of thiol groups is 1. The number of alkyl halides is 3. The average Bonchev–Trinajstić information content (AvgIpc) is 3.05. The molecule has 152 valence electrons. The Bertz CT molecular complexity index is 852. The molecule has 1 aromatic heterocycles. The Kier molecular flexibility index (Phi) is 7.22. The monoisotopic (exact) mass is 415 g/mol. The van der Waals surface area contributed by atoms with Gasteiger partial charge in [0.1, 0.15) is 12.6 Å². The van der Waals surface area contributed by atoms with Crippen LogP contribution in [0.2, 0.25) is 0 Å². The molecule has 1 heterocycles. The van der Waals surface area contributed by atoms with E-state index < -0.39 is 23.9 Å². The highest BCUT2D eigenvalue weighted by molar-refractivity contribution is 7.80. The van der Waals surface area contributed by atoms with Crippen LogP contribution in [0.25, 0.3) is 17.6 Å². The van der Waals surface area contributed by atoms with Crippen LogP contribution in [0.3, 0.4) is 0 Å². The minimum atomic E-state index is -4.51. The first-order valence-electron chi connectivity index (χ1n) is 8.29. The highest BCUT2D eigenvalue weighted by Gasteiger charge is 2.31. The number of carbonyl (C=O) groups excluding carboxylic acids is 1. The number of nitrogens with zero attached hydrogens (tertiary/aromatic N) is 3. The van der Waals surface area contributed by atoms with E-state index in [4.69, 9.17) is 0 Å². The van der Waals surface area contributed by atoms with Crippen molar-refractivity contribution < 1.29 is 23.1 Å². The lowest BCUT2D eigenvalue weighted by atomic mass is 10.1. The van der Waals surface area contributed by atoms with Crippen molar-refractivity contribution in [2.45, 2.75) is 37.6 Å². The van der Waals surface area contributed by atoms with E-state index in [0.29, 0.717) is 6.42 Å². The quantitative estimate of drug-likeness (QED) is 0.242. The van der Waals surface area contributed by atoms with Gasteiger partial charge < -0.3 is 5.11 Å². The van der Waals surface area contributed by atoms with Crippen LogP contribution in [0.15, 0.2) is 35.5 Å². The van der Waals surface area contributed by atoms with Crippen LogP contribution in [0, 0.1) is 5.92 Å². The third-order valence-electron chi connectivity index (χ3n) is 3.45. The van der Waals surface area contributed by atoms with E-state index in [0.717, 1.165) is 18.2 Å². The minimum absolute atomic E-state index is 0.0527. The van der Waals surface area contributed by atoms with Gasteiger partial charge in [-0.3, -0.25) is 10.2 Å². The minimum Gasteiger partial charge on any atom is -0.377 e. The Balaban J connectivity index is 2.03. The summed E-state index contributed by atoms with van der Waals surface area (Å²) in [6.45, 7) is 3.85. The molecule has 0 fully saturated rings. The smallest absolute Gasteiger partial charge is 0.377 e. The van der Waals surface area contributed by atoms with Crippen LogP contribution in [0.4, 0.5) is 13.2 Å². The zero-order valence-corrected chi connectivity index (χ0v) is 16.0. The molecule has 2 rings (SSSR count). The maximum atomic E-state index is 12.9. The molecule has 28 heavy (non-hydrogen) atoms. The predicted molar refractivity (Wildman–Crippen MR) is 99.8 cm³/mol. The molecule has 1 unspecified atom stereocenters. The van der Waals surface area contributed by atoms with Crippen molar-refractivity contribution in [3.8, 4) is 11.4 Å². The second-order valence-electron chi connectivity index (χ2n) is 6.41. The number of hydrazine groups is 1. The van der Waals surface area contributed by atoms with Gasteiger partial charge in [-0.1, -0.05) is 13.8 Å². The molecule has 7 nitrogen and oxygen atoms in total. The van der Waals surface area contributed by atoms with E-state index in [-0.39, 0.29) is 22.2 Å². The largest absolute Gasteiger partial charge is 0.416 e. The zero-order valence-electron chi connectivity index (χ0n) is 15.1. The van der Waals surface area contributed by atoms with Crippen molar-refractivity contribution in [1.29, 1.82) is 0 Å². The first-order valence-corrected chi connectivity index (χ1v) is 8.74. The van der Waals surface area contributed by atoms with E-state index in [1.165, 1.54) is 23.3 Å². The Morgan fingerprint density at radius 1 is 1.36 bits per heavy atom. The molecule has 0 aliphatic rings. The highest BCUT2D eigenvalue weighted by Crippen LogP contribution is 2.33. The fourth-order valence-corrected chi connectivity index (χ4v) is 2.51. The summed E-state index contributed by atoms with van der Waals surface area (Å²) in [5.41, 5.74) is 4.05. The molecular weight excluding hydrogens is 395 g/mol. The standard InChI is InChI=1S/C17H20F3N5O2S/c1-10(2)5-15(27)23-22-14(26)3-4-25-9-21-16(24-25)11-6-12(17(18,19)20)8-13(28)7-11/h3-4,6-10,15,23,27-28H,5H2,1-2H3,(H,22,26)/b4-3-. The summed E-state index contributed by atoms with van der Waals surface area (Å²) in [5, 5.41) is 13.6. The molecule has 0 aliphatic carbocycles. The van der Waals surface area contributed by atoms with E-state index in [1.807, 2.05) is 13.8 Å². The van der Waals surface area contributed by atoms with Crippen LogP contribution in [0.5, 0.6) is 0 Å². The Morgan fingerprint density at radius 3 is 2.71 bits per heavy atom. The molecule has 0 bridgehead atoms. The Hall–Kier alpha value is -2.37. The van der Waals surface area contributed by atoms with Crippen LogP contribution in [-0.4, -0.2) is 32.0 Å². The van der Waals surface area contributed by atoms with Gasteiger partial charge >= 0.3 is 6.18 Å². The normalized spacial score (nSPS) is 13.3. The summed E-state index contributed by atoms with van der Waals surface area (Å²) < 4.78 is 39.9. The zero-order chi connectivity index (χ0) is 20.9. The second kappa shape index (κ2) is 9.22. The van der Waals surface area contributed by atoms with Gasteiger partial charge in [0.25, 0.3) is 5.91 Å². The van der Waals surface area contributed by atoms with Crippen LogP contribution >= 0.6 is 12.6 Å². The molecule has 0 spiro atoms. The van der Waals surface area contributed by atoms with Crippen LogP contribution in [0.1, 0.15) is 25.8 Å². The predicted octanol–water partition coefficient (Wildman–Crippen LogP) is 2.71. The molecule has 3 N–H and O–H groups in total. The van der Waals surface area contributed by atoms with Gasteiger partial charge in [0.05, 0.1) is 5.56 Å². The van der Waals surface area contributed by atoms with E-state index >= 15 is 0 Å². The number of amides is 1. The van der Waals surface area contributed by atoms with Crippen molar-refractivity contribution >= 4 is 24.7 Å². The molecule has 1 atom stereocenters. The number of aromatic nitrogens is 3. The van der Waals surface area contributed by atoms with Gasteiger partial charge in [0, 0.05) is 22.7 Å². The lowest BCUT2D eigenvalue weighted by molar-refractivity contribution is -0.137. The number of nitrogens with one attached hydrogen (secondary N) is 2. The molecule has 0 radical (unpaired) electrons. The number of rotatable bonds is 7. The number of aliphatic hydroxyl groups excluding tert-OH is 1. The van der Waals surface area contributed by atoms with Gasteiger partial charge in [-0.25, -0.2) is 15.1 Å². The third-order valence-corrected chi connectivity index (χ3v) is 3.71. The van der Waals surface area contributed by atoms with Gasteiger partial charge in [-0.05, 0) is 30.5 Å². The molecule has 11 heteroatoms. The summed E-state index contributed by atoms with van der Waals surface area (Å²) in [5.74, 6) is -0.245. The van der Waals surface area contributed by atoms with Gasteiger partial charge in [-0.2, -0.15) is 13.2 Å². The maximum absolute atomic E-state index is 12.9. The third kappa shape index (κ3) is 6.66. The van der Waals surface area contributed by atoms with Gasteiger partial charge in [0.15, 0.2) is 5.82 Å². The van der Waals surface area contributed by atoms with E-state index in [2.05, 4.69) is 33.6 Å². The molecule has 0 saturated carbocycles. The summed E-state index contributed by atoms with van der Waals surface area (Å²) in [6.07, 6.45) is -1.28. The summed E-state index contributed by atoms with van der Waals surface area (Å²) >= 11 is 3.98. The van der Waals surface area contributed by atoms with E-state index in [9.17, 15) is 23.1 Å². The van der Waals surface area contributed by atoms with E-state index in [1.54, 1.807) is 0 Å². The molecular formula is C17H20F3N5O2S. The first-order chi connectivity index (χ1) is 13.0. The molecule has 1 aromatic carbocycles. The molecule has 1 amide bonds. The fourth-order valence-electron chi connectivity index (χ4n) is 2.23. The topological polar surface area (TPSA) is 92.1 Å². The van der Waals surface area contributed by atoms with Crippen molar-refractivity contribution in [2.75, 3.05) is 0 Å². The Labute approximate surface area is 165 Å². The molecule has 2 aromatic rings. The average molecular weight is 415 g/mol. The van der Waals surface area contributed by atoms with Crippen molar-refractivity contribution in [3.05, 3.63) is 36.2 Å². The maximum Gasteiger partial charge on any atom is 0.416 e. The van der Waals surface area contributed by atoms with Gasteiger partial charge in [0.2, 0.25) is 0 Å². The number of carbonyl (C=O) groups is 1. The summed E-state index contributed by atoms with van der Waals surface area (Å²) in [6, 6.07) is 3.25. The molecule has 0 aliphatic heterocycles. The number of hydrogen-bond donors (Lipinski definition) is 4.